The molecule has 2 saturated carbocycles. The Bertz CT molecular complexity index is 338. The van der Waals surface area contributed by atoms with Crippen molar-refractivity contribution in [3.8, 4) is 0 Å². The fourth-order valence-corrected chi connectivity index (χ4v) is 4.43. The second-order valence-electron chi connectivity index (χ2n) is 7.45. The van der Waals surface area contributed by atoms with Crippen LogP contribution in [0, 0.1) is 0 Å². The smallest absolute Gasteiger partial charge is 0.317 e. The number of piperazine rings is 1. The maximum atomic E-state index is 12.4. The molecule has 0 spiro atoms. The predicted octanol–water partition coefficient (Wildman–Crippen LogP) is 3.37. The fourth-order valence-electron chi connectivity index (χ4n) is 4.43. The summed E-state index contributed by atoms with van der Waals surface area (Å²) in [6.07, 6.45) is 14.6. The van der Waals surface area contributed by atoms with E-state index in [-0.39, 0.29) is 6.03 Å². The lowest BCUT2D eigenvalue weighted by molar-refractivity contribution is 0.0991. The molecule has 0 aromatic carbocycles. The summed E-state index contributed by atoms with van der Waals surface area (Å²) in [6, 6.07) is 1.40. The van der Waals surface area contributed by atoms with Crippen molar-refractivity contribution in [3.05, 3.63) is 0 Å². The molecule has 0 aromatic rings. The van der Waals surface area contributed by atoms with E-state index in [4.69, 9.17) is 0 Å². The average Bonchev–Trinajstić information content (AvgIpc) is 2.85. The van der Waals surface area contributed by atoms with Gasteiger partial charge >= 0.3 is 6.03 Å². The molecule has 2 amide bonds. The van der Waals surface area contributed by atoms with E-state index in [0.29, 0.717) is 6.04 Å². The molecular weight excluding hydrogens is 274 g/mol. The van der Waals surface area contributed by atoms with E-state index in [9.17, 15) is 4.79 Å². The van der Waals surface area contributed by atoms with Crippen LogP contribution in [-0.2, 0) is 0 Å². The zero-order valence-corrected chi connectivity index (χ0v) is 14.1. The zero-order valence-electron chi connectivity index (χ0n) is 14.1. The van der Waals surface area contributed by atoms with Gasteiger partial charge in [-0.3, -0.25) is 4.90 Å². The lowest BCUT2D eigenvalue weighted by atomic mass is 9.96. The van der Waals surface area contributed by atoms with Crippen molar-refractivity contribution in [2.75, 3.05) is 26.2 Å². The summed E-state index contributed by atoms with van der Waals surface area (Å²) in [5, 5.41) is 3.26. The monoisotopic (exact) mass is 307 g/mol. The molecule has 3 aliphatic rings. The number of hydrogen-bond donors (Lipinski definition) is 1. The van der Waals surface area contributed by atoms with Gasteiger partial charge in [-0.15, -0.1) is 0 Å². The van der Waals surface area contributed by atoms with E-state index in [1.807, 2.05) is 4.90 Å². The highest BCUT2D eigenvalue weighted by molar-refractivity contribution is 5.74. The van der Waals surface area contributed by atoms with Crippen LogP contribution in [-0.4, -0.2) is 54.1 Å². The predicted molar refractivity (Wildman–Crippen MR) is 90.0 cm³/mol. The molecule has 4 nitrogen and oxygen atoms in total. The molecular formula is C18H33N3O. The van der Waals surface area contributed by atoms with Crippen molar-refractivity contribution in [2.45, 2.75) is 82.7 Å². The summed E-state index contributed by atoms with van der Waals surface area (Å²) in [4.78, 5) is 17.1. The van der Waals surface area contributed by atoms with Gasteiger partial charge in [-0.25, -0.2) is 4.79 Å². The molecule has 126 valence electrons. The molecule has 1 aliphatic heterocycles. The number of nitrogens with one attached hydrogen (secondary N) is 1. The summed E-state index contributed by atoms with van der Waals surface area (Å²) >= 11 is 0. The molecule has 3 rings (SSSR count). The number of carbonyl (C=O) groups excluding carboxylic acids is 1. The quantitative estimate of drug-likeness (QED) is 0.794. The van der Waals surface area contributed by atoms with Crippen molar-refractivity contribution < 1.29 is 4.79 Å². The number of hydrogen-bond acceptors (Lipinski definition) is 2. The maximum absolute atomic E-state index is 12.4. The average molecular weight is 307 g/mol. The standard InChI is InChI=1S/C18H33N3O/c22-18(19-16-8-4-3-5-9-16)21-14-12-20(13-15-21)17-10-6-1-2-7-11-17/h16-17H,1-15H2,(H,19,22). The van der Waals surface area contributed by atoms with Crippen molar-refractivity contribution in [2.24, 2.45) is 0 Å². The molecule has 0 unspecified atom stereocenters. The number of rotatable bonds is 2. The third-order valence-electron chi connectivity index (χ3n) is 5.88. The van der Waals surface area contributed by atoms with Crippen LogP contribution in [0.2, 0.25) is 0 Å². The maximum Gasteiger partial charge on any atom is 0.317 e. The molecule has 0 atom stereocenters. The van der Waals surface area contributed by atoms with Crippen LogP contribution < -0.4 is 5.32 Å². The van der Waals surface area contributed by atoms with E-state index in [0.717, 1.165) is 32.2 Å². The first-order chi connectivity index (χ1) is 10.8. The zero-order chi connectivity index (χ0) is 15.2. The molecule has 3 fully saturated rings. The summed E-state index contributed by atoms with van der Waals surface area (Å²) in [7, 11) is 0. The van der Waals surface area contributed by atoms with Crippen LogP contribution in [0.1, 0.15) is 70.6 Å². The van der Waals surface area contributed by atoms with Gasteiger partial charge in [0.2, 0.25) is 0 Å². The molecule has 1 saturated heterocycles. The first-order valence-electron chi connectivity index (χ1n) is 9.62. The normalized spacial score (nSPS) is 26.6. The van der Waals surface area contributed by atoms with Crippen LogP contribution in [0.5, 0.6) is 0 Å². The van der Waals surface area contributed by atoms with Crippen molar-refractivity contribution in [1.82, 2.24) is 15.1 Å². The summed E-state index contributed by atoms with van der Waals surface area (Å²) in [5.41, 5.74) is 0. The highest BCUT2D eigenvalue weighted by Gasteiger charge is 2.27. The third-order valence-corrected chi connectivity index (χ3v) is 5.88. The van der Waals surface area contributed by atoms with Gasteiger partial charge in [-0.1, -0.05) is 44.9 Å². The van der Waals surface area contributed by atoms with Crippen LogP contribution in [0.4, 0.5) is 4.79 Å². The van der Waals surface area contributed by atoms with Crippen molar-refractivity contribution in [3.63, 3.8) is 0 Å². The lowest BCUT2D eigenvalue weighted by Gasteiger charge is -2.39. The number of urea groups is 1. The number of amides is 2. The largest absolute Gasteiger partial charge is 0.335 e. The Morgan fingerprint density at radius 3 is 1.91 bits per heavy atom. The topological polar surface area (TPSA) is 35.6 Å². The summed E-state index contributed by atoms with van der Waals surface area (Å²) < 4.78 is 0. The van der Waals surface area contributed by atoms with Gasteiger partial charge in [0.15, 0.2) is 0 Å². The molecule has 22 heavy (non-hydrogen) atoms. The second-order valence-corrected chi connectivity index (χ2v) is 7.45. The molecule has 1 heterocycles. The number of nitrogens with zero attached hydrogens (tertiary/aromatic N) is 2. The van der Waals surface area contributed by atoms with E-state index >= 15 is 0 Å². The Kier molecular flexibility index (Phi) is 5.99. The van der Waals surface area contributed by atoms with Crippen LogP contribution >= 0.6 is 0 Å². The Morgan fingerprint density at radius 1 is 0.727 bits per heavy atom. The van der Waals surface area contributed by atoms with Gasteiger partial charge in [-0.2, -0.15) is 0 Å². The van der Waals surface area contributed by atoms with Gasteiger partial charge in [-0.05, 0) is 25.7 Å². The van der Waals surface area contributed by atoms with Gasteiger partial charge in [0, 0.05) is 38.3 Å². The van der Waals surface area contributed by atoms with Gasteiger partial charge < -0.3 is 10.2 Å². The first kappa shape index (κ1) is 16.1. The van der Waals surface area contributed by atoms with E-state index in [1.54, 1.807) is 0 Å². The molecule has 2 aliphatic carbocycles. The van der Waals surface area contributed by atoms with Crippen molar-refractivity contribution in [1.29, 1.82) is 0 Å². The second kappa shape index (κ2) is 8.19. The van der Waals surface area contributed by atoms with Crippen LogP contribution in [0.25, 0.3) is 0 Å². The van der Waals surface area contributed by atoms with Crippen LogP contribution in [0.3, 0.4) is 0 Å². The Balaban J connectivity index is 1.41. The van der Waals surface area contributed by atoms with E-state index in [2.05, 4.69) is 10.2 Å². The van der Waals surface area contributed by atoms with E-state index < -0.39 is 0 Å². The van der Waals surface area contributed by atoms with E-state index in [1.165, 1.54) is 70.6 Å². The first-order valence-corrected chi connectivity index (χ1v) is 9.62. The summed E-state index contributed by atoms with van der Waals surface area (Å²) in [5.74, 6) is 0. The number of carbonyl (C=O) groups is 1. The fraction of sp³-hybridized carbons (Fsp3) is 0.944. The third kappa shape index (κ3) is 4.37. The van der Waals surface area contributed by atoms with Crippen LogP contribution in [0.15, 0.2) is 0 Å². The molecule has 0 bridgehead atoms. The van der Waals surface area contributed by atoms with Gasteiger partial charge in [0.05, 0.1) is 0 Å². The lowest BCUT2D eigenvalue weighted by Crippen LogP contribution is -2.55. The SMILES string of the molecule is O=C(NC1CCCCC1)N1CCN(C2CCCCCC2)CC1. The minimum atomic E-state index is 0.187. The Hall–Kier alpha value is -0.770. The summed E-state index contributed by atoms with van der Waals surface area (Å²) in [6.45, 7) is 3.97. The molecule has 1 N–H and O–H groups in total. The molecule has 0 radical (unpaired) electrons. The Morgan fingerprint density at radius 2 is 1.27 bits per heavy atom. The van der Waals surface area contributed by atoms with Gasteiger partial charge in [0.1, 0.15) is 0 Å². The highest BCUT2D eigenvalue weighted by atomic mass is 16.2. The minimum absolute atomic E-state index is 0.187. The minimum Gasteiger partial charge on any atom is -0.335 e. The Labute approximate surface area is 135 Å². The molecule has 0 aromatic heterocycles. The van der Waals surface area contributed by atoms with Crippen molar-refractivity contribution >= 4 is 6.03 Å². The highest BCUT2D eigenvalue weighted by Crippen LogP contribution is 2.23. The van der Waals surface area contributed by atoms with Gasteiger partial charge in [0.25, 0.3) is 0 Å². The molecule has 4 heteroatoms.